The number of hydrogen-bond acceptors (Lipinski definition) is 3. The average Bonchev–Trinajstić information content (AvgIpc) is 3.70. The second-order valence-electron chi connectivity index (χ2n) is 13.0. The molecular formula is C45H33N5. The van der Waals surface area contributed by atoms with Crippen LogP contribution in [0.5, 0.6) is 0 Å². The van der Waals surface area contributed by atoms with E-state index in [1.54, 1.807) is 0 Å². The molecule has 2 aromatic heterocycles. The molecule has 0 fully saturated rings. The molecule has 0 unspecified atom stereocenters. The van der Waals surface area contributed by atoms with Crippen molar-refractivity contribution in [1.82, 2.24) is 14.5 Å². The van der Waals surface area contributed by atoms with E-state index in [0.29, 0.717) is 0 Å². The molecule has 0 atom stereocenters. The molecule has 2 aliphatic rings. The normalized spacial score (nSPS) is 15.2. The van der Waals surface area contributed by atoms with E-state index < -0.39 is 0 Å². The second-order valence-corrected chi connectivity index (χ2v) is 13.0. The molecule has 50 heavy (non-hydrogen) atoms. The van der Waals surface area contributed by atoms with Gasteiger partial charge in [-0.1, -0.05) is 121 Å². The number of hydrogen-bond donors (Lipinski definition) is 1. The third-order valence-corrected chi connectivity index (χ3v) is 10.1. The molecule has 1 aliphatic heterocycles. The molecule has 238 valence electrons. The van der Waals surface area contributed by atoms with Crippen molar-refractivity contribution >= 4 is 61.0 Å². The summed E-state index contributed by atoms with van der Waals surface area (Å²) >= 11 is 0. The molecule has 0 amide bonds. The highest BCUT2D eigenvalue weighted by molar-refractivity contribution is 6.19. The van der Waals surface area contributed by atoms with Crippen LogP contribution in [-0.2, 0) is 0 Å². The molecule has 0 radical (unpaired) electrons. The maximum atomic E-state index is 5.14. The lowest BCUT2D eigenvalue weighted by atomic mass is 9.99. The first-order valence-corrected chi connectivity index (χ1v) is 17.3. The zero-order valence-electron chi connectivity index (χ0n) is 27.4. The van der Waals surface area contributed by atoms with E-state index in [1.807, 2.05) is 12.1 Å². The molecule has 1 N–H and O–H groups in total. The van der Waals surface area contributed by atoms with E-state index in [1.165, 1.54) is 60.6 Å². The number of benzene rings is 6. The van der Waals surface area contributed by atoms with Gasteiger partial charge in [0.15, 0.2) is 6.17 Å². The smallest absolute Gasteiger partial charge is 0.166 e. The van der Waals surface area contributed by atoms with Crippen molar-refractivity contribution in [1.29, 1.82) is 0 Å². The Balaban J connectivity index is 1.13. The van der Waals surface area contributed by atoms with Crippen molar-refractivity contribution in [3.63, 3.8) is 0 Å². The maximum absolute atomic E-state index is 5.14. The fourth-order valence-electron chi connectivity index (χ4n) is 7.74. The van der Waals surface area contributed by atoms with Gasteiger partial charge in [-0.3, -0.25) is 0 Å². The average molecular weight is 644 g/mol. The number of nitrogens with zero attached hydrogens (tertiary/aromatic N) is 4. The van der Waals surface area contributed by atoms with Crippen molar-refractivity contribution in [2.45, 2.75) is 19.0 Å². The number of fused-ring (bicyclic) bond motifs is 6. The zero-order chi connectivity index (χ0) is 33.0. The summed E-state index contributed by atoms with van der Waals surface area (Å²) in [4.78, 5) is 10.3. The van der Waals surface area contributed by atoms with Gasteiger partial charge in [-0.25, -0.2) is 9.98 Å². The summed E-state index contributed by atoms with van der Waals surface area (Å²) < 4.78 is 4.88. The van der Waals surface area contributed by atoms with E-state index in [9.17, 15) is 0 Å². The minimum atomic E-state index is -0.290. The number of amidine groups is 2. The van der Waals surface area contributed by atoms with Crippen LogP contribution in [0.4, 0.5) is 0 Å². The van der Waals surface area contributed by atoms with Gasteiger partial charge in [0.05, 0.1) is 22.1 Å². The molecule has 1 aliphatic carbocycles. The van der Waals surface area contributed by atoms with Crippen LogP contribution < -0.4 is 5.32 Å². The Morgan fingerprint density at radius 3 is 1.52 bits per heavy atom. The number of allylic oxidation sites excluding steroid dienone is 3. The van der Waals surface area contributed by atoms with Crippen LogP contribution >= 0.6 is 0 Å². The molecular weight excluding hydrogens is 611 g/mol. The predicted molar refractivity (Wildman–Crippen MR) is 208 cm³/mol. The van der Waals surface area contributed by atoms with Crippen molar-refractivity contribution in [2.24, 2.45) is 9.98 Å². The number of aromatic nitrogens is 2. The highest BCUT2D eigenvalue weighted by atomic mass is 15.2. The van der Waals surface area contributed by atoms with Crippen LogP contribution in [0.2, 0.25) is 0 Å². The first kappa shape index (κ1) is 28.5. The van der Waals surface area contributed by atoms with Gasteiger partial charge in [0.25, 0.3) is 0 Å². The fourth-order valence-corrected chi connectivity index (χ4v) is 7.74. The monoisotopic (exact) mass is 643 g/mol. The second kappa shape index (κ2) is 11.6. The molecule has 0 saturated carbocycles. The Labute approximate surface area is 289 Å². The summed E-state index contributed by atoms with van der Waals surface area (Å²) in [5, 5.41) is 8.56. The third-order valence-electron chi connectivity index (χ3n) is 10.1. The topological polar surface area (TPSA) is 46.6 Å². The van der Waals surface area contributed by atoms with Gasteiger partial charge in [0.1, 0.15) is 11.7 Å². The van der Waals surface area contributed by atoms with Crippen LogP contribution in [0.3, 0.4) is 0 Å². The Morgan fingerprint density at radius 1 is 0.460 bits per heavy atom. The Morgan fingerprint density at radius 2 is 0.960 bits per heavy atom. The van der Waals surface area contributed by atoms with Gasteiger partial charge in [-0.05, 0) is 60.9 Å². The van der Waals surface area contributed by atoms with E-state index >= 15 is 0 Å². The van der Waals surface area contributed by atoms with Gasteiger partial charge in [0, 0.05) is 44.1 Å². The van der Waals surface area contributed by atoms with Gasteiger partial charge < -0.3 is 14.5 Å². The minimum Gasteiger partial charge on any atom is -0.324 e. The summed E-state index contributed by atoms with van der Waals surface area (Å²) in [6.07, 6.45) is 6.02. The van der Waals surface area contributed by atoms with Crippen LogP contribution in [0.25, 0.3) is 55.0 Å². The van der Waals surface area contributed by atoms with Crippen LogP contribution in [0.15, 0.2) is 179 Å². The summed E-state index contributed by atoms with van der Waals surface area (Å²) in [5.41, 5.74) is 10.7. The minimum absolute atomic E-state index is 0.290. The molecule has 8 aromatic rings. The molecule has 0 spiro atoms. The molecule has 10 rings (SSSR count). The summed E-state index contributed by atoms with van der Waals surface area (Å²) in [5.74, 6) is 1.70. The highest BCUT2D eigenvalue weighted by Gasteiger charge is 2.25. The third kappa shape index (κ3) is 4.62. The largest absolute Gasteiger partial charge is 0.324 e. The predicted octanol–water partition coefficient (Wildman–Crippen LogP) is 10.3. The van der Waals surface area contributed by atoms with Crippen molar-refractivity contribution < 1.29 is 0 Å². The molecule has 0 saturated heterocycles. The van der Waals surface area contributed by atoms with Crippen LogP contribution in [-0.4, -0.2) is 27.0 Å². The van der Waals surface area contributed by atoms with E-state index in [0.717, 1.165) is 35.6 Å². The zero-order valence-corrected chi connectivity index (χ0v) is 27.4. The SMILES string of the molecule is C1=C(C2N=C(c3ccccc3)NC(c3ccccc3)=N2)CCC(n2c3ccccc3c3cc4c(cc32)c2ccccc2n4-c2ccccc2)=C1. The first-order chi connectivity index (χ1) is 24.8. The van der Waals surface area contributed by atoms with Crippen molar-refractivity contribution in [2.75, 3.05) is 0 Å². The van der Waals surface area contributed by atoms with E-state index in [-0.39, 0.29) is 6.17 Å². The summed E-state index contributed by atoms with van der Waals surface area (Å²) in [6.45, 7) is 0. The Kier molecular flexibility index (Phi) is 6.62. The number of para-hydroxylation sites is 3. The van der Waals surface area contributed by atoms with Crippen LogP contribution in [0, 0.1) is 0 Å². The molecule has 6 aromatic carbocycles. The number of nitrogens with one attached hydrogen (secondary N) is 1. The molecule has 3 heterocycles. The van der Waals surface area contributed by atoms with Gasteiger partial charge in [-0.15, -0.1) is 0 Å². The van der Waals surface area contributed by atoms with E-state index in [4.69, 9.17) is 9.98 Å². The highest BCUT2D eigenvalue weighted by Crippen LogP contribution is 2.41. The quantitative estimate of drug-likeness (QED) is 0.199. The van der Waals surface area contributed by atoms with Crippen molar-refractivity contribution in [3.05, 3.63) is 181 Å². The van der Waals surface area contributed by atoms with Gasteiger partial charge in [-0.2, -0.15) is 0 Å². The number of aliphatic imine (C=N–C) groups is 2. The summed E-state index contributed by atoms with van der Waals surface area (Å²) in [7, 11) is 0. The lowest BCUT2D eigenvalue weighted by Gasteiger charge is -2.25. The fraction of sp³-hybridized carbons (Fsp3) is 0.0667. The molecule has 0 bridgehead atoms. The maximum Gasteiger partial charge on any atom is 0.166 e. The number of rotatable bonds is 5. The van der Waals surface area contributed by atoms with Gasteiger partial charge in [0.2, 0.25) is 0 Å². The molecule has 5 nitrogen and oxygen atoms in total. The van der Waals surface area contributed by atoms with Gasteiger partial charge >= 0.3 is 0 Å². The lowest BCUT2D eigenvalue weighted by molar-refractivity contribution is 0.738. The van der Waals surface area contributed by atoms with Crippen molar-refractivity contribution in [3.8, 4) is 5.69 Å². The Hall–Kier alpha value is -6.46. The first-order valence-electron chi connectivity index (χ1n) is 17.3. The molecule has 5 heteroatoms. The Bertz CT molecular complexity index is 2650. The van der Waals surface area contributed by atoms with E-state index in [2.05, 4.69) is 166 Å². The standard InChI is InChI=1S/C45H33N5/c1-4-14-30(15-5-1)43-46-44(31-16-6-2-7-17-31)48-45(47-43)32-24-26-34(27-25-32)50-40-23-13-11-21-36(40)38-28-41-37(29-42(38)50)35-20-10-12-22-39(35)49(41)33-18-8-3-9-19-33/h1-24,26,28-29,45H,25,27H2,(H,46,47,48). The summed E-state index contributed by atoms with van der Waals surface area (Å²) in [6, 6.07) is 53.7. The lowest BCUT2D eigenvalue weighted by Crippen LogP contribution is -2.38. The van der Waals surface area contributed by atoms with Crippen LogP contribution in [0.1, 0.15) is 24.0 Å².